The van der Waals surface area contributed by atoms with E-state index in [0.29, 0.717) is 24.2 Å². The molecule has 1 aliphatic rings. The van der Waals surface area contributed by atoms with Crippen molar-refractivity contribution in [3.8, 4) is 5.75 Å². The highest BCUT2D eigenvalue weighted by Crippen LogP contribution is 2.34. The van der Waals surface area contributed by atoms with Gasteiger partial charge in [-0.25, -0.2) is 0 Å². The molecule has 0 unspecified atom stereocenters. The first-order valence-corrected chi connectivity index (χ1v) is 7.86. The summed E-state index contributed by atoms with van der Waals surface area (Å²) in [6.07, 6.45) is -3.50. The summed E-state index contributed by atoms with van der Waals surface area (Å²) in [4.78, 5) is 11.8. The van der Waals surface area contributed by atoms with Gasteiger partial charge in [0.15, 0.2) is 5.78 Å². The van der Waals surface area contributed by atoms with Gasteiger partial charge in [0.2, 0.25) is 0 Å². The summed E-state index contributed by atoms with van der Waals surface area (Å²) < 4.78 is 44.2. The van der Waals surface area contributed by atoms with Crippen LogP contribution in [0.5, 0.6) is 5.75 Å². The van der Waals surface area contributed by atoms with Gasteiger partial charge in [-0.1, -0.05) is 24.3 Å². The second-order valence-corrected chi connectivity index (χ2v) is 6.35. The number of aliphatic hydroxyl groups is 1. The zero-order chi connectivity index (χ0) is 18.2. The number of rotatable bonds is 4. The lowest BCUT2D eigenvalue weighted by atomic mass is 9.95. The van der Waals surface area contributed by atoms with Crippen molar-refractivity contribution < 1.29 is 27.8 Å². The zero-order valence-corrected chi connectivity index (χ0v) is 13.6. The minimum atomic E-state index is -4.48. The van der Waals surface area contributed by atoms with Crippen LogP contribution in [0.2, 0.25) is 0 Å². The molecule has 0 spiro atoms. The van der Waals surface area contributed by atoms with Gasteiger partial charge in [-0.2, -0.15) is 13.2 Å². The molecule has 2 aromatic rings. The number of ether oxygens (including phenoxy) is 1. The summed E-state index contributed by atoms with van der Waals surface area (Å²) in [5.74, 6) is 0.528. The summed E-state index contributed by atoms with van der Waals surface area (Å²) >= 11 is 0. The van der Waals surface area contributed by atoms with Crippen molar-refractivity contribution in [3.05, 3.63) is 64.7 Å². The van der Waals surface area contributed by atoms with Gasteiger partial charge >= 0.3 is 6.18 Å². The van der Waals surface area contributed by atoms with Crippen molar-refractivity contribution in [1.29, 1.82) is 0 Å². The van der Waals surface area contributed by atoms with Gasteiger partial charge in [0, 0.05) is 17.5 Å². The Hall–Kier alpha value is -2.34. The van der Waals surface area contributed by atoms with Crippen LogP contribution in [0.4, 0.5) is 13.2 Å². The molecule has 25 heavy (non-hydrogen) atoms. The number of carbonyl (C=O) groups excluding carboxylic acids is 1. The smallest absolute Gasteiger partial charge is 0.416 e. The van der Waals surface area contributed by atoms with E-state index in [9.17, 15) is 23.1 Å². The third-order valence-corrected chi connectivity index (χ3v) is 4.36. The number of Topliss-reactive ketones (excluding diaryl/α,β-unsaturated/α-hetero) is 1. The molecule has 132 valence electrons. The number of fused-ring (bicyclic) bond motifs is 1. The molecule has 3 nitrogen and oxygen atoms in total. The normalized spacial score (nSPS) is 16.4. The lowest BCUT2D eigenvalue weighted by Gasteiger charge is -2.25. The molecule has 1 aliphatic carbocycles. The topological polar surface area (TPSA) is 46.5 Å². The summed E-state index contributed by atoms with van der Waals surface area (Å²) in [5, 5.41) is 10.6. The van der Waals surface area contributed by atoms with Crippen LogP contribution in [0.25, 0.3) is 0 Å². The monoisotopic (exact) mass is 350 g/mol. The van der Waals surface area contributed by atoms with Crippen molar-refractivity contribution in [2.24, 2.45) is 0 Å². The van der Waals surface area contributed by atoms with E-state index < -0.39 is 17.3 Å². The van der Waals surface area contributed by atoms with Crippen molar-refractivity contribution in [3.63, 3.8) is 0 Å². The van der Waals surface area contributed by atoms with Gasteiger partial charge in [-0.05, 0) is 37.1 Å². The van der Waals surface area contributed by atoms with Crippen LogP contribution in [0.3, 0.4) is 0 Å². The van der Waals surface area contributed by atoms with Gasteiger partial charge in [0.25, 0.3) is 0 Å². The zero-order valence-electron chi connectivity index (χ0n) is 13.6. The van der Waals surface area contributed by atoms with Crippen molar-refractivity contribution >= 4 is 5.78 Å². The maximum absolute atomic E-state index is 12.8. The number of alkyl halides is 3. The third-order valence-electron chi connectivity index (χ3n) is 4.36. The summed E-state index contributed by atoms with van der Waals surface area (Å²) in [5.41, 5.74) is -0.918. The number of ketones is 1. The molecule has 0 aliphatic heterocycles. The molecule has 6 heteroatoms. The van der Waals surface area contributed by atoms with Crippen molar-refractivity contribution in [2.45, 2.75) is 31.5 Å². The number of carbonyl (C=O) groups is 1. The largest absolute Gasteiger partial charge is 0.490 e. The van der Waals surface area contributed by atoms with E-state index in [0.717, 1.165) is 17.7 Å². The van der Waals surface area contributed by atoms with E-state index in [1.165, 1.54) is 19.1 Å². The molecule has 1 N–H and O–H groups in total. The second kappa shape index (κ2) is 6.19. The first kappa shape index (κ1) is 17.5. The molecule has 0 fully saturated rings. The highest BCUT2D eigenvalue weighted by molar-refractivity contribution is 6.01. The fourth-order valence-corrected chi connectivity index (χ4v) is 2.93. The molecule has 2 aromatic carbocycles. The number of halogens is 3. The van der Waals surface area contributed by atoms with Gasteiger partial charge in [-0.3, -0.25) is 4.79 Å². The molecule has 0 radical (unpaired) electrons. The number of hydrogen-bond acceptors (Lipinski definition) is 3. The van der Waals surface area contributed by atoms with Crippen LogP contribution >= 0.6 is 0 Å². The standard InChI is InChI=1S/C19H17F3O3/c1-18(24,12-4-2-5-13(10-12)19(20,21)22)11-25-17-7-3-6-14-15(17)8-9-16(14)23/h2-7,10,24H,8-9,11H2,1H3/t18-/m1/s1. The minimum absolute atomic E-state index is 0.0464. The minimum Gasteiger partial charge on any atom is -0.490 e. The Morgan fingerprint density at radius 3 is 2.48 bits per heavy atom. The second-order valence-electron chi connectivity index (χ2n) is 6.35. The molecule has 0 saturated carbocycles. The molecular weight excluding hydrogens is 333 g/mol. The van der Waals surface area contributed by atoms with Crippen LogP contribution in [-0.4, -0.2) is 17.5 Å². The fourth-order valence-electron chi connectivity index (χ4n) is 2.93. The lowest BCUT2D eigenvalue weighted by Crippen LogP contribution is -2.30. The number of benzene rings is 2. The van der Waals surface area contributed by atoms with Crippen LogP contribution in [-0.2, 0) is 18.2 Å². The summed E-state index contributed by atoms with van der Waals surface area (Å²) in [6.45, 7) is 1.18. The molecule has 0 saturated heterocycles. The van der Waals surface area contributed by atoms with E-state index in [2.05, 4.69) is 0 Å². The van der Waals surface area contributed by atoms with Gasteiger partial charge in [0.1, 0.15) is 18.0 Å². The SMILES string of the molecule is C[C@@](O)(COc1cccc2c1CCC2=O)c1cccc(C(F)(F)F)c1. The van der Waals surface area contributed by atoms with Crippen molar-refractivity contribution in [2.75, 3.05) is 6.61 Å². The van der Waals surface area contributed by atoms with Crippen LogP contribution < -0.4 is 4.74 Å². The van der Waals surface area contributed by atoms with E-state index in [4.69, 9.17) is 4.74 Å². The van der Waals surface area contributed by atoms with Gasteiger partial charge < -0.3 is 9.84 Å². The predicted octanol–water partition coefficient (Wildman–Crippen LogP) is 4.12. The average Bonchev–Trinajstić information content (AvgIpc) is 2.94. The third kappa shape index (κ3) is 3.54. The molecule has 0 amide bonds. The van der Waals surface area contributed by atoms with Crippen LogP contribution in [0.1, 0.15) is 40.4 Å². The van der Waals surface area contributed by atoms with Crippen LogP contribution in [0, 0.1) is 0 Å². The molecule has 0 aromatic heterocycles. The van der Waals surface area contributed by atoms with Gasteiger partial charge in [-0.15, -0.1) is 0 Å². The highest BCUT2D eigenvalue weighted by atomic mass is 19.4. The molecular formula is C19H17F3O3. The molecule has 0 bridgehead atoms. The Kier molecular flexibility index (Phi) is 4.33. The summed E-state index contributed by atoms with van der Waals surface area (Å²) in [6, 6.07) is 9.67. The Morgan fingerprint density at radius 1 is 1.08 bits per heavy atom. The Morgan fingerprint density at radius 2 is 1.76 bits per heavy atom. The van der Waals surface area contributed by atoms with Gasteiger partial charge in [0.05, 0.1) is 5.56 Å². The Bertz CT molecular complexity index is 810. The van der Waals surface area contributed by atoms with Crippen molar-refractivity contribution in [1.82, 2.24) is 0 Å². The summed E-state index contributed by atoms with van der Waals surface area (Å²) in [7, 11) is 0. The molecule has 0 heterocycles. The highest BCUT2D eigenvalue weighted by Gasteiger charge is 2.33. The average molecular weight is 350 g/mol. The number of hydrogen-bond donors (Lipinski definition) is 1. The quantitative estimate of drug-likeness (QED) is 0.902. The maximum atomic E-state index is 12.8. The Labute approximate surface area is 143 Å². The first-order valence-electron chi connectivity index (χ1n) is 7.86. The fraction of sp³-hybridized carbons (Fsp3) is 0.316. The first-order chi connectivity index (χ1) is 11.7. The van der Waals surface area contributed by atoms with E-state index in [1.54, 1.807) is 18.2 Å². The van der Waals surface area contributed by atoms with E-state index in [-0.39, 0.29) is 18.0 Å². The lowest BCUT2D eigenvalue weighted by molar-refractivity contribution is -0.137. The molecule has 3 rings (SSSR count). The predicted molar refractivity (Wildman–Crippen MR) is 85.6 cm³/mol. The van der Waals surface area contributed by atoms with E-state index in [1.807, 2.05) is 0 Å². The Balaban J connectivity index is 1.81. The molecule has 1 atom stereocenters. The van der Waals surface area contributed by atoms with Crippen LogP contribution in [0.15, 0.2) is 42.5 Å². The van der Waals surface area contributed by atoms with E-state index >= 15 is 0 Å². The maximum Gasteiger partial charge on any atom is 0.416 e.